The van der Waals surface area contributed by atoms with Crippen LogP contribution in [0.5, 0.6) is 0 Å². The van der Waals surface area contributed by atoms with Crippen LogP contribution in [0.3, 0.4) is 0 Å². The van der Waals surface area contributed by atoms with Gasteiger partial charge in [-0.1, -0.05) is 13.3 Å². The molecule has 3 nitrogen and oxygen atoms in total. The van der Waals surface area contributed by atoms with Crippen LogP contribution in [-0.2, 0) is 9.22 Å². The van der Waals surface area contributed by atoms with E-state index < -0.39 is 20.0 Å². The van der Waals surface area contributed by atoms with E-state index in [1.807, 2.05) is 13.8 Å². The van der Waals surface area contributed by atoms with Crippen LogP contribution in [0.2, 0.25) is 11.1 Å². The van der Waals surface area contributed by atoms with Gasteiger partial charge in [0.25, 0.3) is 0 Å². The smallest absolute Gasteiger partial charge is 0.308 e. The van der Waals surface area contributed by atoms with Crippen molar-refractivity contribution in [1.29, 1.82) is 0 Å². The normalized spacial score (nSPS) is 28.0. The van der Waals surface area contributed by atoms with Gasteiger partial charge in [-0.25, -0.2) is 0 Å². The molecule has 1 fully saturated rings. The lowest BCUT2D eigenvalue weighted by molar-refractivity contribution is -0.140. The molecular weight excluding hydrogens is 184 g/mol. The molecule has 1 aliphatic rings. The topological polar surface area (TPSA) is 46.5 Å². The molecule has 0 saturated carbocycles. The Morgan fingerprint density at radius 3 is 2.69 bits per heavy atom. The third kappa shape index (κ3) is 2.11. The highest BCUT2D eigenvalue weighted by molar-refractivity contribution is 6.60. The minimum absolute atomic E-state index is 0.555. The van der Waals surface area contributed by atoms with E-state index in [0.29, 0.717) is 6.42 Å². The van der Waals surface area contributed by atoms with E-state index in [0.717, 1.165) is 25.5 Å². The maximum absolute atomic E-state index is 11.1. The van der Waals surface area contributed by atoms with Crippen LogP contribution in [0.4, 0.5) is 0 Å². The Balaban J connectivity index is 2.68. The maximum Gasteiger partial charge on any atom is 0.308 e. The van der Waals surface area contributed by atoms with Gasteiger partial charge in [0.2, 0.25) is 0 Å². The third-order valence-electron chi connectivity index (χ3n) is 3.11. The first kappa shape index (κ1) is 10.7. The van der Waals surface area contributed by atoms with Crippen molar-refractivity contribution < 1.29 is 14.3 Å². The summed E-state index contributed by atoms with van der Waals surface area (Å²) in [5.74, 6) is -0.673. The number of hydrogen-bond donors (Lipinski definition) is 1. The fraction of sp³-hybridized carbons (Fsp3) is 0.889. The van der Waals surface area contributed by atoms with Gasteiger partial charge in [0.15, 0.2) is 9.04 Å². The quantitative estimate of drug-likeness (QED) is 0.710. The number of rotatable bonds is 3. The molecule has 0 aliphatic carbocycles. The molecule has 76 valence electrons. The predicted molar refractivity (Wildman–Crippen MR) is 53.4 cm³/mol. The van der Waals surface area contributed by atoms with Gasteiger partial charge < -0.3 is 9.53 Å². The average Bonchev–Trinajstić information content (AvgIpc) is 2.17. The molecule has 0 aromatic rings. The lowest BCUT2D eigenvalue weighted by Gasteiger charge is -2.33. The van der Waals surface area contributed by atoms with Crippen molar-refractivity contribution >= 4 is 15.0 Å². The van der Waals surface area contributed by atoms with Gasteiger partial charge in [-0.15, -0.1) is 0 Å². The van der Waals surface area contributed by atoms with Crippen molar-refractivity contribution in [3.63, 3.8) is 0 Å². The van der Waals surface area contributed by atoms with Gasteiger partial charge in [-0.05, 0) is 25.8 Å². The largest absolute Gasteiger partial charge is 0.481 e. The van der Waals surface area contributed by atoms with Crippen LogP contribution >= 0.6 is 0 Å². The highest BCUT2D eigenvalue weighted by Gasteiger charge is 2.42. The highest BCUT2D eigenvalue weighted by atomic mass is 28.3. The Morgan fingerprint density at radius 1 is 1.62 bits per heavy atom. The van der Waals surface area contributed by atoms with Gasteiger partial charge in [0.05, 0.1) is 5.04 Å². The molecule has 0 aromatic heterocycles. The van der Waals surface area contributed by atoms with Gasteiger partial charge in [-0.3, -0.25) is 4.79 Å². The minimum Gasteiger partial charge on any atom is -0.481 e. The van der Waals surface area contributed by atoms with E-state index in [2.05, 4.69) is 0 Å². The van der Waals surface area contributed by atoms with Crippen LogP contribution in [0, 0.1) is 0 Å². The van der Waals surface area contributed by atoms with E-state index >= 15 is 0 Å². The monoisotopic (exact) mass is 202 g/mol. The second-order valence-electron chi connectivity index (χ2n) is 3.93. The Bertz CT molecular complexity index is 189. The highest BCUT2D eigenvalue weighted by Crippen LogP contribution is 2.38. The second-order valence-corrected chi connectivity index (χ2v) is 7.09. The van der Waals surface area contributed by atoms with Crippen LogP contribution in [-0.4, -0.2) is 26.7 Å². The van der Waals surface area contributed by atoms with Gasteiger partial charge in [0.1, 0.15) is 0 Å². The Kier molecular flexibility index (Phi) is 3.50. The first-order valence-corrected chi connectivity index (χ1v) is 6.82. The van der Waals surface area contributed by atoms with Crippen molar-refractivity contribution in [3.8, 4) is 0 Å². The molecule has 0 aromatic carbocycles. The Hall–Kier alpha value is -0.353. The van der Waals surface area contributed by atoms with E-state index in [1.54, 1.807) is 0 Å². The lowest BCUT2D eigenvalue weighted by atomic mass is 10.1. The SMILES string of the molecule is CCC(C)(C(=O)O)[SiH]1CCCCO1. The van der Waals surface area contributed by atoms with Crippen molar-refractivity contribution in [2.45, 2.75) is 44.2 Å². The number of aliphatic carboxylic acids is 1. The summed E-state index contributed by atoms with van der Waals surface area (Å²) in [4.78, 5) is 11.1. The molecule has 0 amide bonds. The molecule has 4 heteroatoms. The van der Waals surface area contributed by atoms with Crippen molar-refractivity contribution in [3.05, 3.63) is 0 Å². The molecular formula is C9H18O3Si. The molecule has 0 radical (unpaired) electrons. The molecule has 1 rings (SSSR count). The van der Waals surface area contributed by atoms with Gasteiger partial charge >= 0.3 is 5.97 Å². The molecule has 1 saturated heterocycles. The third-order valence-corrected chi connectivity index (χ3v) is 6.76. The maximum atomic E-state index is 11.1. The molecule has 0 bridgehead atoms. The first-order valence-electron chi connectivity index (χ1n) is 4.96. The van der Waals surface area contributed by atoms with Crippen LogP contribution in [0.25, 0.3) is 0 Å². The van der Waals surface area contributed by atoms with Crippen molar-refractivity contribution in [2.24, 2.45) is 0 Å². The molecule has 13 heavy (non-hydrogen) atoms. The summed E-state index contributed by atoms with van der Waals surface area (Å²) in [7, 11) is -1.51. The molecule has 1 heterocycles. The summed E-state index contributed by atoms with van der Waals surface area (Å²) >= 11 is 0. The standard InChI is InChI=1S/C9H18O3Si/c1-3-9(2,8(10)11)13-7-5-4-6-12-13/h13H,3-7H2,1-2H3,(H,10,11). The molecule has 1 aliphatic heterocycles. The molecule has 2 unspecified atom stereocenters. The Morgan fingerprint density at radius 2 is 2.31 bits per heavy atom. The van der Waals surface area contributed by atoms with E-state index in [-0.39, 0.29) is 0 Å². The number of hydrogen-bond acceptors (Lipinski definition) is 2. The second kappa shape index (κ2) is 4.24. The number of carbonyl (C=O) groups is 1. The summed E-state index contributed by atoms with van der Waals surface area (Å²) in [6.07, 6.45) is 2.95. The number of carboxylic acid groups (broad SMARTS) is 1. The van der Waals surface area contributed by atoms with Crippen LogP contribution in [0.1, 0.15) is 33.1 Å². The van der Waals surface area contributed by atoms with E-state index in [9.17, 15) is 4.79 Å². The van der Waals surface area contributed by atoms with Crippen molar-refractivity contribution in [2.75, 3.05) is 6.61 Å². The van der Waals surface area contributed by atoms with Gasteiger partial charge in [0, 0.05) is 6.61 Å². The van der Waals surface area contributed by atoms with E-state index in [4.69, 9.17) is 9.53 Å². The summed E-state index contributed by atoms with van der Waals surface area (Å²) in [6.45, 7) is 4.57. The summed E-state index contributed by atoms with van der Waals surface area (Å²) in [5.41, 5.74) is 0. The minimum atomic E-state index is -1.51. The summed E-state index contributed by atoms with van der Waals surface area (Å²) in [6, 6.07) is 1.02. The van der Waals surface area contributed by atoms with E-state index in [1.165, 1.54) is 0 Å². The molecule has 2 atom stereocenters. The summed E-state index contributed by atoms with van der Waals surface area (Å²) < 4.78 is 5.65. The zero-order valence-corrected chi connectivity index (χ0v) is 9.53. The molecule has 0 spiro atoms. The fourth-order valence-corrected chi connectivity index (χ4v) is 4.77. The zero-order chi connectivity index (χ0) is 9.90. The van der Waals surface area contributed by atoms with Gasteiger partial charge in [-0.2, -0.15) is 0 Å². The predicted octanol–water partition coefficient (Wildman–Crippen LogP) is 1.78. The Labute approximate surface area is 80.8 Å². The van der Waals surface area contributed by atoms with Crippen molar-refractivity contribution in [1.82, 2.24) is 0 Å². The van der Waals surface area contributed by atoms with Crippen LogP contribution in [0.15, 0.2) is 0 Å². The fourth-order valence-electron chi connectivity index (χ4n) is 1.76. The van der Waals surface area contributed by atoms with Crippen LogP contribution < -0.4 is 0 Å². The first-order chi connectivity index (χ1) is 6.11. The lowest BCUT2D eigenvalue weighted by Crippen LogP contribution is -2.41. The summed E-state index contributed by atoms with van der Waals surface area (Å²) in [5, 5.41) is 8.58. The zero-order valence-electron chi connectivity index (χ0n) is 8.38. The molecule has 1 N–H and O–H groups in total. The average molecular weight is 202 g/mol. The number of carboxylic acids is 1.